The largest absolute Gasteiger partial charge is 0.454 e. The zero-order valence-electron chi connectivity index (χ0n) is 8.88. The Morgan fingerprint density at radius 2 is 2.12 bits per heavy atom. The molecule has 0 aromatic heterocycles. The highest BCUT2D eigenvalue weighted by Gasteiger charge is 2.17. The molecular weight excluding hydrogens is 230 g/mol. The Kier molecular flexibility index (Phi) is 3.19. The third-order valence-electron chi connectivity index (χ3n) is 2.21. The van der Waals surface area contributed by atoms with Gasteiger partial charge in [-0.1, -0.05) is 18.5 Å². The van der Waals surface area contributed by atoms with Gasteiger partial charge >= 0.3 is 0 Å². The summed E-state index contributed by atoms with van der Waals surface area (Å²) in [4.78, 5) is 11.4. The summed E-state index contributed by atoms with van der Waals surface area (Å²) in [5.74, 6) is 1.16. The van der Waals surface area contributed by atoms with Crippen molar-refractivity contribution in [2.24, 2.45) is 0 Å². The van der Waals surface area contributed by atoms with Crippen LogP contribution in [0.3, 0.4) is 0 Å². The van der Waals surface area contributed by atoms with E-state index >= 15 is 0 Å². The highest BCUT2D eigenvalue weighted by Crippen LogP contribution is 2.39. The third-order valence-corrected chi connectivity index (χ3v) is 2.53. The lowest BCUT2D eigenvalue weighted by Crippen LogP contribution is -2.10. The van der Waals surface area contributed by atoms with E-state index in [0.717, 1.165) is 6.42 Å². The molecule has 2 rings (SSSR count). The summed E-state index contributed by atoms with van der Waals surface area (Å²) >= 11 is 6.00. The van der Waals surface area contributed by atoms with Crippen LogP contribution in [-0.2, 0) is 4.79 Å². The van der Waals surface area contributed by atoms with Crippen LogP contribution in [0.1, 0.15) is 19.8 Å². The first-order chi connectivity index (χ1) is 7.70. The summed E-state index contributed by atoms with van der Waals surface area (Å²) < 4.78 is 10.4. The van der Waals surface area contributed by atoms with Crippen molar-refractivity contribution in [2.75, 3.05) is 12.1 Å². The number of hydrogen-bond donors (Lipinski definition) is 1. The quantitative estimate of drug-likeness (QED) is 0.885. The molecule has 0 atom stereocenters. The minimum absolute atomic E-state index is 0.0525. The number of hydrogen-bond acceptors (Lipinski definition) is 3. The molecule has 0 fully saturated rings. The van der Waals surface area contributed by atoms with Crippen LogP contribution in [0, 0.1) is 0 Å². The minimum Gasteiger partial charge on any atom is -0.454 e. The molecule has 0 radical (unpaired) electrons. The van der Waals surface area contributed by atoms with Crippen molar-refractivity contribution < 1.29 is 14.3 Å². The fourth-order valence-corrected chi connectivity index (χ4v) is 1.65. The van der Waals surface area contributed by atoms with E-state index < -0.39 is 0 Å². The second kappa shape index (κ2) is 4.61. The van der Waals surface area contributed by atoms with Gasteiger partial charge in [-0.05, 0) is 6.42 Å². The van der Waals surface area contributed by atoms with Gasteiger partial charge in [-0.2, -0.15) is 0 Å². The van der Waals surface area contributed by atoms with E-state index in [0.29, 0.717) is 28.6 Å². The molecule has 5 heteroatoms. The van der Waals surface area contributed by atoms with Gasteiger partial charge in [0.15, 0.2) is 11.5 Å². The van der Waals surface area contributed by atoms with Crippen molar-refractivity contribution in [2.45, 2.75) is 19.8 Å². The van der Waals surface area contributed by atoms with Crippen molar-refractivity contribution >= 4 is 23.2 Å². The molecular formula is C11H12ClNO3. The van der Waals surface area contributed by atoms with Crippen molar-refractivity contribution in [3.05, 3.63) is 17.2 Å². The molecule has 4 nitrogen and oxygen atoms in total. The van der Waals surface area contributed by atoms with Crippen LogP contribution >= 0.6 is 11.6 Å². The maximum Gasteiger partial charge on any atom is 0.231 e. The number of rotatable bonds is 3. The third kappa shape index (κ3) is 2.22. The number of amides is 1. The fourth-order valence-electron chi connectivity index (χ4n) is 1.45. The summed E-state index contributed by atoms with van der Waals surface area (Å²) in [6.45, 7) is 2.14. The van der Waals surface area contributed by atoms with Crippen molar-refractivity contribution in [1.82, 2.24) is 0 Å². The molecule has 1 amide bonds. The van der Waals surface area contributed by atoms with E-state index in [1.54, 1.807) is 12.1 Å². The van der Waals surface area contributed by atoms with Crippen LogP contribution in [-0.4, -0.2) is 12.7 Å². The van der Waals surface area contributed by atoms with Gasteiger partial charge in [-0.25, -0.2) is 0 Å². The van der Waals surface area contributed by atoms with E-state index in [2.05, 4.69) is 5.32 Å². The number of ether oxygens (including phenoxy) is 2. The average molecular weight is 242 g/mol. The Labute approximate surface area is 98.5 Å². The maximum atomic E-state index is 11.4. The molecule has 0 bridgehead atoms. The van der Waals surface area contributed by atoms with Crippen molar-refractivity contribution in [3.63, 3.8) is 0 Å². The topological polar surface area (TPSA) is 47.6 Å². The van der Waals surface area contributed by atoms with E-state index in [1.807, 2.05) is 6.92 Å². The second-order valence-corrected chi connectivity index (χ2v) is 3.89. The SMILES string of the molecule is CCCC(=O)Nc1cc2c(cc1Cl)OCO2. The lowest BCUT2D eigenvalue weighted by atomic mass is 10.2. The molecule has 16 heavy (non-hydrogen) atoms. The van der Waals surface area contributed by atoms with Gasteiger partial charge in [0.05, 0.1) is 10.7 Å². The van der Waals surface area contributed by atoms with Crippen LogP contribution < -0.4 is 14.8 Å². The zero-order valence-corrected chi connectivity index (χ0v) is 9.63. The molecule has 0 saturated carbocycles. The van der Waals surface area contributed by atoms with Crippen LogP contribution in [0.4, 0.5) is 5.69 Å². The highest BCUT2D eigenvalue weighted by atomic mass is 35.5. The van der Waals surface area contributed by atoms with Gasteiger partial charge in [-0.3, -0.25) is 4.79 Å². The van der Waals surface area contributed by atoms with E-state index in [4.69, 9.17) is 21.1 Å². The molecule has 0 saturated heterocycles. The van der Waals surface area contributed by atoms with Crippen molar-refractivity contribution in [1.29, 1.82) is 0 Å². The van der Waals surface area contributed by atoms with Gasteiger partial charge in [0.1, 0.15) is 0 Å². The molecule has 0 aliphatic carbocycles. The lowest BCUT2D eigenvalue weighted by Gasteiger charge is -2.07. The van der Waals surface area contributed by atoms with E-state index in [-0.39, 0.29) is 12.7 Å². The molecule has 1 aliphatic heterocycles. The van der Waals surface area contributed by atoms with Crippen molar-refractivity contribution in [3.8, 4) is 11.5 Å². The van der Waals surface area contributed by atoms with Crippen LogP contribution in [0.25, 0.3) is 0 Å². The van der Waals surface area contributed by atoms with E-state index in [9.17, 15) is 4.79 Å². The van der Waals surface area contributed by atoms with Gasteiger partial charge in [0.25, 0.3) is 0 Å². The van der Waals surface area contributed by atoms with Gasteiger partial charge in [0.2, 0.25) is 12.7 Å². The summed E-state index contributed by atoms with van der Waals surface area (Å²) in [6, 6.07) is 3.32. The number of nitrogens with one attached hydrogen (secondary N) is 1. The molecule has 86 valence electrons. The second-order valence-electron chi connectivity index (χ2n) is 3.48. The number of benzene rings is 1. The number of anilines is 1. The molecule has 1 aromatic carbocycles. The van der Waals surface area contributed by atoms with Crippen LogP contribution in [0.2, 0.25) is 5.02 Å². The molecule has 1 aromatic rings. The fraction of sp³-hybridized carbons (Fsp3) is 0.364. The van der Waals surface area contributed by atoms with Gasteiger partial charge in [-0.15, -0.1) is 0 Å². The Balaban J connectivity index is 2.18. The standard InChI is InChI=1S/C11H12ClNO3/c1-2-3-11(14)13-8-5-10-9(4-7(8)12)15-6-16-10/h4-5H,2-3,6H2,1H3,(H,13,14). The number of carbonyl (C=O) groups is 1. The Hall–Kier alpha value is -1.42. The Bertz CT molecular complexity index is 420. The predicted molar refractivity (Wildman–Crippen MR) is 61.1 cm³/mol. The summed E-state index contributed by atoms with van der Waals surface area (Å²) in [7, 11) is 0. The summed E-state index contributed by atoms with van der Waals surface area (Å²) in [5.41, 5.74) is 0.560. The summed E-state index contributed by atoms with van der Waals surface area (Å²) in [5, 5.41) is 3.19. The molecule has 0 spiro atoms. The number of carbonyl (C=O) groups excluding carboxylic acids is 1. The average Bonchev–Trinajstić information content (AvgIpc) is 2.65. The summed E-state index contributed by atoms with van der Waals surface area (Å²) in [6.07, 6.45) is 1.28. The molecule has 1 aliphatic rings. The van der Waals surface area contributed by atoms with E-state index in [1.165, 1.54) is 0 Å². The highest BCUT2D eigenvalue weighted by molar-refractivity contribution is 6.34. The Morgan fingerprint density at radius 1 is 1.44 bits per heavy atom. The smallest absolute Gasteiger partial charge is 0.231 e. The minimum atomic E-state index is -0.0525. The lowest BCUT2D eigenvalue weighted by molar-refractivity contribution is -0.116. The first-order valence-electron chi connectivity index (χ1n) is 5.09. The molecule has 0 unspecified atom stereocenters. The first-order valence-corrected chi connectivity index (χ1v) is 5.47. The monoisotopic (exact) mass is 241 g/mol. The number of fused-ring (bicyclic) bond motifs is 1. The van der Waals surface area contributed by atoms with Gasteiger partial charge < -0.3 is 14.8 Å². The zero-order chi connectivity index (χ0) is 11.5. The van der Waals surface area contributed by atoms with Crippen LogP contribution in [0.5, 0.6) is 11.5 Å². The maximum absolute atomic E-state index is 11.4. The van der Waals surface area contributed by atoms with Gasteiger partial charge in [0, 0.05) is 18.6 Å². The van der Waals surface area contributed by atoms with Crippen LogP contribution in [0.15, 0.2) is 12.1 Å². The molecule has 1 N–H and O–H groups in total. The molecule has 1 heterocycles. The Morgan fingerprint density at radius 3 is 2.81 bits per heavy atom. The predicted octanol–water partition coefficient (Wildman–Crippen LogP) is 2.81. The normalized spacial score (nSPS) is 12.6. The first kappa shape index (κ1) is 11.1. The number of halogens is 1.